The van der Waals surface area contributed by atoms with Crippen LogP contribution in [0.3, 0.4) is 0 Å². The largest absolute Gasteiger partial charge is 0.325 e. The predicted molar refractivity (Wildman–Crippen MR) is 111 cm³/mol. The van der Waals surface area contributed by atoms with E-state index < -0.39 is 10.0 Å². The minimum Gasteiger partial charge on any atom is -0.325 e. The number of likely N-dealkylation sites (tertiary alicyclic amines) is 1. The molecule has 7 nitrogen and oxygen atoms in total. The van der Waals surface area contributed by atoms with E-state index in [9.17, 15) is 13.2 Å². The van der Waals surface area contributed by atoms with Gasteiger partial charge in [-0.15, -0.1) is 0 Å². The van der Waals surface area contributed by atoms with Crippen molar-refractivity contribution in [3.63, 3.8) is 0 Å². The minimum absolute atomic E-state index is 0.115. The zero-order valence-electron chi connectivity index (χ0n) is 16.9. The fraction of sp³-hybridized carbons (Fsp3) is 0.650. The number of carbonyl (C=O) groups is 1. The highest BCUT2D eigenvalue weighted by molar-refractivity contribution is 7.89. The van der Waals surface area contributed by atoms with Crippen molar-refractivity contribution in [1.29, 1.82) is 0 Å². The van der Waals surface area contributed by atoms with E-state index >= 15 is 0 Å². The summed E-state index contributed by atoms with van der Waals surface area (Å²) in [6, 6.07) is 6.63. The molecule has 0 aliphatic carbocycles. The molecule has 0 saturated carbocycles. The van der Waals surface area contributed by atoms with Crippen molar-refractivity contribution < 1.29 is 13.2 Å². The van der Waals surface area contributed by atoms with E-state index in [0.29, 0.717) is 24.8 Å². The normalized spacial score (nSPS) is 22.4. The van der Waals surface area contributed by atoms with Gasteiger partial charge in [0, 0.05) is 31.4 Å². The zero-order valence-corrected chi connectivity index (χ0v) is 17.7. The molecule has 2 aliphatic heterocycles. The van der Waals surface area contributed by atoms with Crippen LogP contribution in [0.5, 0.6) is 0 Å². The number of anilines is 1. The summed E-state index contributed by atoms with van der Waals surface area (Å²) in [4.78, 5) is 15.2. The molecule has 2 N–H and O–H groups in total. The molecule has 0 spiro atoms. The third-order valence-electron chi connectivity index (χ3n) is 5.78. The molecule has 1 aromatic carbocycles. The highest BCUT2D eigenvalue weighted by atomic mass is 32.2. The molecule has 28 heavy (non-hydrogen) atoms. The van der Waals surface area contributed by atoms with Gasteiger partial charge < -0.3 is 10.6 Å². The Labute approximate surface area is 168 Å². The molecule has 2 fully saturated rings. The summed E-state index contributed by atoms with van der Waals surface area (Å²) in [5.41, 5.74) is 0.607. The van der Waals surface area contributed by atoms with Crippen molar-refractivity contribution >= 4 is 21.6 Å². The predicted octanol–water partition coefficient (Wildman–Crippen LogP) is 1.87. The van der Waals surface area contributed by atoms with Crippen LogP contribution in [-0.2, 0) is 14.8 Å². The van der Waals surface area contributed by atoms with E-state index in [1.807, 2.05) is 6.92 Å². The van der Waals surface area contributed by atoms with Gasteiger partial charge in [0.1, 0.15) is 0 Å². The molecule has 3 rings (SSSR count). The average Bonchev–Trinajstić information content (AvgIpc) is 3.38. The van der Waals surface area contributed by atoms with Crippen LogP contribution < -0.4 is 10.6 Å². The SMILES string of the molecule is CCN1CCC[C@H]1CN[C@H](C)C(=O)Nc1ccc(S(=O)(=O)N2CCCC2)cc1. The summed E-state index contributed by atoms with van der Waals surface area (Å²) >= 11 is 0. The Kier molecular flexibility index (Phi) is 7.09. The molecule has 156 valence electrons. The Morgan fingerprint density at radius 3 is 2.46 bits per heavy atom. The fourth-order valence-electron chi connectivity index (χ4n) is 3.99. The third-order valence-corrected chi connectivity index (χ3v) is 7.70. The molecular weight excluding hydrogens is 376 g/mol. The van der Waals surface area contributed by atoms with E-state index in [1.165, 1.54) is 17.1 Å². The van der Waals surface area contributed by atoms with Gasteiger partial charge in [0.2, 0.25) is 15.9 Å². The van der Waals surface area contributed by atoms with E-state index in [4.69, 9.17) is 0 Å². The molecule has 2 heterocycles. The van der Waals surface area contributed by atoms with Crippen molar-refractivity contribution in [3.8, 4) is 0 Å². The number of sulfonamides is 1. The highest BCUT2D eigenvalue weighted by Gasteiger charge is 2.27. The van der Waals surface area contributed by atoms with Crippen LogP contribution in [0.15, 0.2) is 29.2 Å². The summed E-state index contributed by atoms with van der Waals surface area (Å²) in [7, 11) is -3.42. The van der Waals surface area contributed by atoms with Crippen LogP contribution in [0.2, 0.25) is 0 Å². The number of rotatable bonds is 8. The molecule has 2 atom stereocenters. The summed E-state index contributed by atoms with van der Waals surface area (Å²) in [5.74, 6) is -0.115. The van der Waals surface area contributed by atoms with Crippen LogP contribution in [0.25, 0.3) is 0 Å². The lowest BCUT2D eigenvalue weighted by Crippen LogP contribution is -2.45. The van der Waals surface area contributed by atoms with Crippen LogP contribution in [-0.4, -0.2) is 68.3 Å². The second-order valence-corrected chi connectivity index (χ2v) is 9.62. The van der Waals surface area contributed by atoms with Gasteiger partial charge in [-0.3, -0.25) is 9.69 Å². The zero-order chi connectivity index (χ0) is 20.1. The highest BCUT2D eigenvalue weighted by Crippen LogP contribution is 2.22. The van der Waals surface area contributed by atoms with Gasteiger partial charge in [-0.1, -0.05) is 6.92 Å². The second-order valence-electron chi connectivity index (χ2n) is 7.68. The van der Waals surface area contributed by atoms with Crippen molar-refractivity contribution in [3.05, 3.63) is 24.3 Å². The molecule has 1 amide bonds. The fourth-order valence-corrected chi connectivity index (χ4v) is 5.50. The minimum atomic E-state index is -3.42. The Morgan fingerprint density at radius 1 is 1.14 bits per heavy atom. The number of hydrogen-bond acceptors (Lipinski definition) is 5. The number of carbonyl (C=O) groups excluding carboxylic acids is 1. The topological polar surface area (TPSA) is 81.8 Å². The first-order valence-electron chi connectivity index (χ1n) is 10.3. The van der Waals surface area contributed by atoms with Crippen LogP contribution in [0.4, 0.5) is 5.69 Å². The molecule has 0 unspecified atom stereocenters. The first kappa shape index (κ1) is 21.2. The van der Waals surface area contributed by atoms with Crippen molar-refractivity contribution in [2.45, 2.75) is 56.5 Å². The van der Waals surface area contributed by atoms with Crippen molar-refractivity contribution in [2.24, 2.45) is 0 Å². The summed E-state index contributed by atoms with van der Waals surface area (Å²) < 4.78 is 26.6. The van der Waals surface area contributed by atoms with Gasteiger partial charge in [-0.25, -0.2) is 8.42 Å². The molecule has 0 radical (unpaired) electrons. The second kappa shape index (κ2) is 9.35. The lowest BCUT2D eigenvalue weighted by Gasteiger charge is -2.24. The first-order valence-corrected chi connectivity index (χ1v) is 11.7. The van der Waals surface area contributed by atoms with E-state index in [-0.39, 0.29) is 16.8 Å². The lowest BCUT2D eigenvalue weighted by atomic mass is 10.2. The quantitative estimate of drug-likeness (QED) is 0.686. The Hall–Kier alpha value is -1.48. The van der Waals surface area contributed by atoms with Gasteiger partial charge in [0.25, 0.3) is 0 Å². The van der Waals surface area contributed by atoms with E-state index in [0.717, 1.165) is 32.5 Å². The number of benzene rings is 1. The molecule has 2 aliphatic rings. The van der Waals surface area contributed by atoms with E-state index in [2.05, 4.69) is 22.5 Å². The van der Waals surface area contributed by atoms with Crippen LogP contribution >= 0.6 is 0 Å². The van der Waals surface area contributed by atoms with Gasteiger partial charge >= 0.3 is 0 Å². The van der Waals surface area contributed by atoms with Gasteiger partial charge in [-0.05, 0) is 70.0 Å². The standard InChI is InChI=1S/C20H32N4O3S/c1-3-23-12-6-7-18(23)15-21-16(2)20(25)22-17-8-10-19(11-9-17)28(26,27)24-13-4-5-14-24/h8-11,16,18,21H,3-7,12-15H2,1-2H3,(H,22,25)/t16-,18+/m1/s1. The monoisotopic (exact) mass is 408 g/mol. The molecule has 1 aromatic rings. The van der Waals surface area contributed by atoms with Gasteiger partial charge in [0.15, 0.2) is 0 Å². The van der Waals surface area contributed by atoms with Crippen LogP contribution in [0, 0.1) is 0 Å². The number of amides is 1. The van der Waals surface area contributed by atoms with Crippen LogP contribution in [0.1, 0.15) is 39.5 Å². The number of hydrogen-bond donors (Lipinski definition) is 2. The lowest BCUT2D eigenvalue weighted by molar-refractivity contribution is -0.117. The van der Waals surface area contributed by atoms with Crippen molar-refractivity contribution in [2.75, 3.05) is 38.0 Å². The van der Waals surface area contributed by atoms with Gasteiger partial charge in [-0.2, -0.15) is 4.31 Å². The maximum atomic E-state index is 12.6. The maximum absolute atomic E-state index is 12.6. The summed E-state index contributed by atoms with van der Waals surface area (Å²) in [5, 5.41) is 6.19. The molecule has 0 aromatic heterocycles. The molecular formula is C20H32N4O3S. The number of nitrogens with one attached hydrogen (secondary N) is 2. The Bertz CT molecular complexity index is 760. The number of likely N-dealkylation sites (N-methyl/N-ethyl adjacent to an activating group) is 1. The molecule has 2 saturated heterocycles. The van der Waals surface area contributed by atoms with Crippen molar-refractivity contribution in [1.82, 2.24) is 14.5 Å². The first-order chi connectivity index (χ1) is 13.4. The smallest absolute Gasteiger partial charge is 0.243 e. The number of nitrogens with zero attached hydrogens (tertiary/aromatic N) is 2. The van der Waals surface area contributed by atoms with Gasteiger partial charge in [0.05, 0.1) is 10.9 Å². The third kappa shape index (κ3) is 4.92. The molecule has 8 heteroatoms. The Balaban J connectivity index is 1.52. The summed E-state index contributed by atoms with van der Waals surface area (Å²) in [6.45, 7) is 8.17. The van der Waals surface area contributed by atoms with E-state index in [1.54, 1.807) is 24.3 Å². The molecule has 0 bridgehead atoms. The summed E-state index contributed by atoms with van der Waals surface area (Å²) in [6.07, 6.45) is 4.21. The average molecular weight is 409 g/mol. The maximum Gasteiger partial charge on any atom is 0.243 e. The Morgan fingerprint density at radius 2 is 1.82 bits per heavy atom.